The Hall–Kier alpha value is -1.99. The molecule has 1 N–H and O–H groups in total. The number of nitrogens with one attached hydrogen (secondary N) is 1. The first-order valence-corrected chi connectivity index (χ1v) is 11.2. The summed E-state index contributed by atoms with van der Waals surface area (Å²) in [6, 6.07) is 5.94. The van der Waals surface area contributed by atoms with Gasteiger partial charge in [-0.05, 0) is 56.7 Å². The van der Waals surface area contributed by atoms with Crippen LogP contribution in [-0.4, -0.2) is 70.1 Å². The Morgan fingerprint density at radius 1 is 1.13 bits per heavy atom. The van der Waals surface area contributed by atoms with E-state index in [1.54, 1.807) is 14.2 Å². The highest BCUT2D eigenvalue weighted by atomic mass is 16.5. The van der Waals surface area contributed by atoms with Crippen LogP contribution in [0.25, 0.3) is 0 Å². The van der Waals surface area contributed by atoms with Crippen molar-refractivity contribution in [2.45, 2.75) is 57.8 Å². The summed E-state index contributed by atoms with van der Waals surface area (Å²) in [7, 11) is 3.30. The molecule has 1 unspecified atom stereocenters. The van der Waals surface area contributed by atoms with Crippen molar-refractivity contribution in [2.24, 2.45) is 4.99 Å². The third-order valence-corrected chi connectivity index (χ3v) is 5.73. The summed E-state index contributed by atoms with van der Waals surface area (Å²) in [5.74, 6) is 2.43. The SMILES string of the molecule is CCNC(=NCc1ccc(OC)c(OC)c1)N1CCC(OCC2CCCCO2)CC1. The van der Waals surface area contributed by atoms with E-state index in [0.717, 1.165) is 75.1 Å². The maximum Gasteiger partial charge on any atom is 0.194 e. The van der Waals surface area contributed by atoms with Gasteiger partial charge in [-0.15, -0.1) is 0 Å². The molecule has 2 aliphatic rings. The fourth-order valence-corrected chi connectivity index (χ4v) is 3.99. The number of rotatable bonds is 8. The first-order chi connectivity index (χ1) is 14.7. The number of methoxy groups -OCH3 is 2. The van der Waals surface area contributed by atoms with Crippen molar-refractivity contribution in [3.63, 3.8) is 0 Å². The van der Waals surface area contributed by atoms with Crippen LogP contribution in [-0.2, 0) is 16.0 Å². The Labute approximate surface area is 180 Å². The largest absolute Gasteiger partial charge is 0.493 e. The number of hydrogen-bond donors (Lipinski definition) is 1. The van der Waals surface area contributed by atoms with Crippen LogP contribution in [0.5, 0.6) is 11.5 Å². The number of guanidine groups is 1. The van der Waals surface area contributed by atoms with Gasteiger partial charge in [0.05, 0.1) is 39.6 Å². The van der Waals surface area contributed by atoms with Crippen molar-refractivity contribution in [3.05, 3.63) is 23.8 Å². The molecule has 7 heteroatoms. The lowest BCUT2D eigenvalue weighted by atomic mass is 10.1. The van der Waals surface area contributed by atoms with Crippen LogP contribution in [0, 0.1) is 0 Å². The van der Waals surface area contributed by atoms with Crippen LogP contribution in [0.4, 0.5) is 0 Å². The molecule has 0 aromatic heterocycles. The van der Waals surface area contributed by atoms with E-state index in [4.69, 9.17) is 23.9 Å². The summed E-state index contributed by atoms with van der Waals surface area (Å²) < 4.78 is 22.7. The van der Waals surface area contributed by atoms with E-state index in [2.05, 4.69) is 17.1 Å². The molecule has 7 nitrogen and oxygen atoms in total. The van der Waals surface area contributed by atoms with Crippen LogP contribution in [0.2, 0.25) is 0 Å². The molecule has 30 heavy (non-hydrogen) atoms. The number of piperidine rings is 1. The van der Waals surface area contributed by atoms with Crippen molar-refractivity contribution in [3.8, 4) is 11.5 Å². The Bertz CT molecular complexity index is 668. The number of nitrogens with zero attached hydrogens (tertiary/aromatic N) is 2. The molecule has 1 aromatic rings. The van der Waals surface area contributed by atoms with E-state index in [-0.39, 0.29) is 6.10 Å². The number of hydrogen-bond acceptors (Lipinski definition) is 5. The molecule has 0 amide bonds. The predicted molar refractivity (Wildman–Crippen MR) is 118 cm³/mol. The zero-order valence-electron chi connectivity index (χ0n) is 18.7. The van der Waals surface area contributed by atoms with Gasteiger partial charge in [-0.1, -0.05) is 6.07 Å². The lowest BCUT2D eigenvalue weighted by Crippen LogP contribution is -2.47. The van der Waals surface area contributed by atoms with Gasteiger partial charge in [-0.25, -0.2) is 4.99 Å². The van der Waals surface area contributed by atoms with Crippen molar-refractivity contribution < 1.29 is 18.9 Å². The fraction of sp³-hybridized carbons (Fsp3) is 0.696. The van der Waals surface area contributed by atoms with E-state index in [1.165, 1.54) is 12.8 Å². The van der Waals surface area contributed by atoms with Crippen molar-refractivity contribution in [1.82, 2.24) is 10.2 Å². The molecular formula is C23H37N3O4. The molecule has 1 aromatic carbocycles. The second-order valence-corrected chi connectivity index (χ2v) is 7.87. The van der Waals surface area contributed by atoms with Gasteiger partial charge in [0, 0.05) is 26.2 Å². The number of ether oxygens (including phenoxy) is 4. The third kappa shape index (κ3) is 6.51. The van der Waals surface area contributed by atoms with Crippen LogP contribution < -0.4 is 14.8 Å². The van der Waals surface area contributed by atoms with Crippen LogP contribution >= 0.6 is 0 Å². The lowest BCUT2D eigenvalue weighted by molar-refractivity contribution is -0.0721. The quantitative estimate of drug-likeness (QED) is 0.516. The third-order valence-electron chi connectivity index (χ3n) is 5.73. The predicted octanol–water partition coefficient (Wildman–Crippen LogP) is 3.22. The average Bonchev–Trinajstić information content (AvgIpc) is 2.81. The fourth-order valence-electron chi connectivity index (χ4n) is 3.99. The molecule has 2 fully saturated rings. The summed E-state index contributed by atoms with van der Waals surface area (Å²) in [5.41, 5.74) is 1.09. The minimum Gasteiger partial charge on any atom is -0.493 e. The summed E-state index contributed by atoms with van der Waals surface area (Å²) in [4.78, 5) is 7.19. The van der Waals surface area contributed by atoms with E-state index in [9.17, 15) is 0 Å². The molecular weight excluding hydrogens is 382 g/mol. The number of aliphatic imine (C=N–C) groups is 1. The molecule has 2 aliphatic heterocycles. The smallest absolute Gasteiger partial charge is 0.194 e. The highest BCUT2D eigenvalue weighted by molar-refractivity contribution is 5.80. The molecule has 0 saturated carbocycles. The molecule has 2 heterocycles. The highest BCUT2D eigenvalue weighted by Crippen LogP contribution is 2.28. The maximum atomic E-state index is 6.15. The first kappa shape index (κ1) is 22.7. The molecule has 3 rings (SSSR count). The molecule has 1 atom stereocenters. The Kier molecular flexibility index (Phi) is 9.08. The second kappa shape index (κ2) is 12.0. The Morgan fingerprint density at radius 2 is 1.93 bits per heavy atom. The minimum absolute atomic E-state index is 0.289. The number of benzene rings is 1. The Balaban J connectivity index is 1.51. The van der Waals surface area contributed by atoms with E-state index < -0.39 is 0 Å². The van der Waals surface area contributed by atoms with Crippen LogP contribution in [0.15, 0.2) is 23.2 Å². The molecule has 0 spiro atoms. The van der Waals surface area contributed by atoms with Gasteiger partial charge in [0.2, 0.25) is 0 Å². The van der Waals surface area contributed by atoms with Crippen molar-refractivity contribution in [2.75, 3.05) is 47.1 Å². The summed E-state index contributed by atoms with van der Waals surface area (Å²) >= 11 is 0. The molecule has 0 radical (unpaired) electrons. The average molecular weight is 420 g/mol. The van der Waals surface area contributed by atoms with Gasteiger partial charge in [0.25, 0.3) is 0 Å². The zero-order chi connectivity index (χ0) is 21.2. The Morgan fingerprint density at radius 3 is 2.60 bits per heavy atom. The maximum absolute atomic E-state index is 6.15. The van der Waals surface area contributed by atoms with Gasteiger partial charge < -0.3 is 29.2 Å². The molecule has 0 bridgehead atoms. The van der Waals surface area contributed by atoms with Gasteiger partial charge >= 0.3 is 0 Å². The lowest BCUT2D eigenvalue weighted by Gasteiger charge is -2.35. The van der Waals surface area contributed by atoms with Crippen LogP contribution in [0.1, 0.15) is 44.6 Å². The standard InChI is InChI=1S/C23H37N3O4/c1-4-24-23(25-16-18-8-9-21(27-2)22(15-18)28-3)26-12-10-19(11-13-26)30-17-20-7-5-6-14-29-20/h8-9,15,19-20H,4-7,10-14,16-17H2,1-3H3,(H,24,25). The summed E-state index contributed by atoms with van der Waals surface area (Å²) in [5, 5.41) is 3.43. The van der Waals surface area contributed by atoms with Crippen LogP contribution in [0.3, 0.4) is 0 Å². The van der Waals surface area contributed by atoms with Crippen molar-refractivity contribution >= 4 is 5.96 Å². The minimum atomic E-state index is 0.289. The zero-order valence-corrected chi connectivity index (χ0v) is 18.7. The summed E-state index contributed by atoms with van der Waals surface area (Å²) in [6.45, 7) is 7.07. The molecule has 0 aliphatic carbocycles. The van der Waals surface area contributed by atoms with Gasteiger partial charge in [-0.3, -0.25) is 0 Å². The first-order valence-electron chi connectivity index (χ1n) is 11.2. The topological polar surface area (TPSA) is 64.6 Å². The van der Waals surface area contributed by atoms with Gasteiger partial charge in [0.1, 0.15) is 0 Å². The number of likely N-dealkylation sites (tertiary alicyclic amines) is 1. The van der Waals surface area contributed by atoms with E-state index in [0.29, 0.717) is 12.6 Å². The monoisotopic (exact) mass is 419 g/mol. The van der Waals surface area contributed by atoms with E-state index >= 15 is 0 Å². The highest BCUT2D eigenvalue weighted by Gasteiger charge is 2.23. The van der Waals surface area contributed by atoms with Crippen molar-refractivity contribution in [1.29, 1.82) is 0 Å². The molecule has 168 valence electrons. The molecule has 2 saturated heterocycles. The van der Waals surface area contributed by atoms with Gasteiger partial charge in [0.15, 0.2) is 17.5 Å². The normalized spacial score (nSPS) is 20.8. The van der Waals surface area contributed by atoms with Gasteiger partial charge in [-0.2, -0.15) is 0 Å². The summed E-state index contributed by atoms with van der Waals surface area (Å²) in [6.07, 6.45) is 6.23. The van der Waals surface area contributed by atoms with E-state index in [1.807, 2.05) is 18.2 Å². The second-order valence-electron chi connectivity index (χ2n) is 7.87.